The highest BCUT2D eigenvalue weighted by Crippen LogP contribution is 2.22. The van der Waals surface area contributed by atoms with Crippen molar-refractivity contribution in [2.24, 2.45) is 0 Å². The summed E-state index contributed by atoms with van der Waals surface area (Å²) in [6.07, 6.45) is 5.18. The van der Waals surface area contributed by atoms with Crippen LogP contribution in [0, 0.1) is 0 Å². The molecule has 0 amide bonds. The third-order valence-electron chi connectivity index (χ3n) is 3.73. The first-order valence-electron chi connectivity index (χ1n) is 7.00. The van der Waals surface area contributed by atoms with E-state index < -0.39 is 12.5 Å². The highest BCUT2D eigenvalue weighted by molar-refractivity contribution is 5.33. The summed E-state index contributed by atoms with van der Waals surface area (Å²) >= 11 is 0. The van der Waals surface area contributed by atoms with Crippen molar-refractivity contribution in [3.8, 4) is 0 Å². The van der Waals surface area contributed by atoms with Gasteiger partial charge in [0, 0.05) is 12.2 Å². The first-order valence-corrected chi connectivity index (χ1v) is 7.00. The average Bonchev–Trinajstić information content (AvgIpc) is 3.10. The molecule has 110 valence electrons. The third-order valence-corrected chi connectivity index (χ3v) is 3.73. The van der Waals surface area contributed by atoms with Crippen LogP contribution in [0.2, 0.25) is 0 Å². The maximum atomic E-state index is 12.0. The van der Waals surface area contributed by atoms with Crippen LogP contribution < -0.4 is 11.0 Å². The summed E-state index contributed by atoms with van der Waals surface area (Å²) in [5, 5.41) is 12.2. The predicted octanol–water partition coefficient (Wildman–Crippen LogP) is 0.462. The number of aliphatic hydroxyl groups excluding tert-OH is 1. The van der Waals surface area contributed by atoms with Crippen LogP contribution in [-0.2, 0) is 9.47 Å². The fourth-order valence-electron chi connectivity index (χ4n) is 2.68. The van der Waals surface area contributed by atoms with Crippen LogP contribution in [0.4, 0.5) is 5.82 Å². The minimum absolute atomic E-state index is 0.222. The topological polar surface area (TPSA) is 85.6 Å². The summed E-state index contributed by atoms with van der Waals surface area (Å²) in [5.41, 5.74) is -0.375. The molecule has 2 heterocycles. The highest BCUT2D eigenvalue weighted by atomic mass is 16.7. The van der Waals surface area contributed by atoms with Crippen molar-refractivity contribution < 1.29 is 14.6 Å². The minimum Gasteiger partial charge on any atom is -0.391 e. The van der Waals surface area contributed by atoms with Gasteiger partial charge in [-0.3, -0.25) is 4.57 Å². The molecular weight excluding hydrogens is 262 g/mol. The SMILES string of the molecule is O=c1nc(NC2CCCC2)ccn1[C@@H]1CO[C@H](CO)O1. The monoisotopic (exact) mass is 281 g/mol. The fraction of sp³-hybridized carbons (Fsp3) is 0.692. The number of rotatable bonds is 4. The molecule has 2 atom stereocenters. The Morgan fingerprint density at radius 1 is 1.45 bits per heavy atom. The summed E-state index contributed by atoms with van der Waals surface area (Å²) < 4.78 is 12.0. The van der Waals surface area contributed by atoms with E-state index in [1.165, 1.54) is 17.4 Å². The molecule has 0 unspecified atom stereocenters. The summed E-state index contributed by atoms with van der Waals surface area (Å²) in [5.74, 6) is 0.607. The Balaban J connectivity index is 1.69. The molecular formula is C13H19N3O4. The molecule has 0 aromatic carbocycles. The van der Waals surface area contributed by atoms with Crippen LogP contribution in [0.25, 0.3) is 0 Å². The van der Waals surface area contributed by atoms with Crippen molar-refractivity contribution >= 4 is 5.82 Å². The predicted molar refractivity (Wildman–Crippen MR) is 71.3 cm³/mol. The van der Waals surface area contributed by atoms with Gasteiger partial charge in [0.2, 0.25) is 0 Å². The first kappa shape index (κ1) is 13.5. The van der Waals surface area contributed by atoms with E-state index in [1.807, 2.05) is 0 Å². The second-order valence-electron chi connectivity index (χ2n) is 5.16. The highest BCUT2D eigenvalue weighted by Gasteiger charge is 2.27. The van der Waals surface area contributed by atoms with Gasteiger partial charge in [-0.25, -0.2) is 4.79 Å². The largest absolute Gasteiger partial charge is 0.391 e. The van der Waals surface area contributed by atoms with Crippen LogP contribution in [-0.4, -0.2) is 40.2 Å². The second-order valence-corrected chi connectivity index (χ2v) is 5.16. The number of hydrogen-bond acceptors (Lipinski definition) is 6. The average molecular weight is 281 g/mol. The zero-order valence-electron chi connectivity index (χ0n) is 11.2. The molecule has 3 rings (SSSR count). The van der Waals surface area contributed by atoms with Crippen molar-refractivity contribution in [2.75, 3.05) is 18.5 Å². The Morgan fingerprint density at radius 3 is 2.90 bits per heavy atom. The lowest BCUT2D eigenvalue weighted by molar-refractivity contribution is -0.0992. The third kappa shape index (κ3) is 2.84. The zero-order valence-corrected chi connectivity index (χ0v) is 11.2. The summed E-state index contributed by atoms with van der Waals surface area (Å²) in [6, 6.07) is 2.19. The first-order chi connectivity index (χ1) is 9.76. The fourth-order valence-corrected chi connectivity index (χ4v) is 2.68. The molecule has 2 aliphatic rings. The number of aromatic nitrogens is 2. The van der Waals surface area contributed by atoms with E-state index >= 15 is 0 Å². The molecule has 0 bridgehead atoms. The summed E-state index contributed by atoms with van der Waals surface area (Å²) in [6.45, 7) is 0.0161. The van der Waals surface area contributed by atoms with Crippen molar-refractivity contribution in [1.82, 2.24) is 9.55 Å². The molecule has 7 nitrogen and oxygen atoms in total. The van der Waals surface area contributed by atoms with Gasteiger partial charge in [-0.15, -0.1) is 0 Å². The van der Waals surface area contributed by atoms with E-state index in [2.05, 4.69) is 10.3 Å². The summed E-state index contributed by atoms with van der Waals surface area (Å²) in [4.78, 5) is 16.0. The van der Waals surface area contributed by atoms with E-state index in [1.54, 1.807) is 12.3 Å². The molecule has 0 spiro atoms. The Hall–Kier alpha value is -1.44. The van der Waals surface area contributed by atoms with Crippen LogP contribution in [0.1, 0.15) is 31.9 Å². The zero-order chi connectivity index (χ0) is 13.9. The van der Waals surface area contributed by atoms with Gasteiger partial charge in [-0.05, 0) is 18.9 Å². The summed E-state index contributed by atoms with van der Waals surface area (Å²) in [7, 11) is 0. The molecule has 1 saturated heterocycles. The normalized spacial score (nSPS) is 27.1. The Morgan fingerprint density at radius 2 is 2.25 bits per heavy atom. The van der Waals surface area contributed by atoms with Crippen LogP contribution in [0.5, 0.6) is 0 Å². The van der Waals surface area contributed by atoms with Crippen molar-refractivity contribution in [3.05, 3.63) is 22.7 Å². The second kappa shape index (κ2) is 5.90. The molecule has 1 aromatic heterocycles. The van der Waals surface area contributed by atoms with Gasteiger partial charge in [-0.2, -0.15) is 4.98 Å². The van der Waals surface area contributed by atoms with E-state index in [0.29, 0.717) is 11.9 Å². The van der Waals surface area contributed by atoms with Gasteiger partial charge in [0.05, 0.1) is 13.2 Å². The molecule has 2 N–H and O–H groups in total. The van der Waals surface area contributed by atoms with Crippen molar-refractivity contribution in [3.63, 3.8) is 0 Å². The standard InChI is InChI=1S/C13H19N3O4/c17-7-12-19-8-11(20-12)16-6-5-10(15-13(16)18)14-9-3-1-2-4-9/h5-6,9,11-12,17H,1-4,7-8H2,(H,14,15,18)/t11-,12-/m0/s1. The lowest BCUT2D eigenvalue weighted by Gasteiger charge is -2.15. The molecule has 0 radical (unpaired) electrons. The smallest absolute Gasteiger partial charge is 0.351 e. The van der Waals surface area contributed by atoms with Crippen LogP contribution >= 0.6 is 0 Å². The minimum atomic E-state index is -0.664. The Labute approximate surface area is 116 Å². The van der Waals surface area contributed by atoms with E-state index in [0.717, 1.165) is 12.8 Å². The van der Waals surface area contributed by atoms with Gasteiger partial charge >= 0.3 is 5.69 Å². The lowest BCUT2D eigenvalue weighted by atomic mass is 10.2. The number of aliphatic hydroxyl groups is 1. The Bertz CT molecular complexity index is 513. The van der Waals surface area contributed by atoms with Gasteiger partial charge in [0.15, 0.2) is 12.5 Å². The number of hydrogen-bond donors (Lipinski definition) is 2. The van der Waals surface area contributed by atoms with Gasteiger partial charge in [-0.1, -0.05) is 12.8 Å². The van der Waals surface area contributed by atoms with E-state index in [4.69, 9.17) is 14.6 Å². The number of anilines is 1. The molecule has 2 fully saturated rings. The molecule has 7 heteroatoms. The molecule has 1 saturated carbocycles. The van der Waals surface area contributed by atoms with Gasteiger partial charge < -0.3 is 19.9 Å². The number of nitrogens with zero attached hydrogens (tertiary/aromatic N) is 2. The van der Waals surface area contributed by atoms with Gasteiger partial charge in [0.1, 0.15) is 5.82 Å². The molecule has 1 aromatic rings. The van der Waals surface area contributed by atoms with Crippen molar-refractivity contribution in [1.29, 1.82) is 0 Å². The molecule has 1 aliphatic carbocycles. The molecule has 1 aliphatic heterocycles. The van der Waals surface area contributed by atoms with Crippen LogP contribution in [0.3, 0.4) is 0 Å². The number of nitrogens with one attached hydrogen (secondary N) is 1. The lowest BCUT2D eigenvalue weighted by Crippen LogP contribution is -2.29. The van der Waals surface area contributed by atoms with Gasteiger partial charge in [0.25, 0.3) is 0 Å². The maximum Gasteiger partial charge on any atom is 0.351 e. The van der Waals surface area contributed by atoms with Crippen LogP contribution in [0.15, 0.2) is 17.1 Å². The quantitative estimate of drug-likeness (QED) is 0.834. The molecule has 20 heavy (non-hydrogen) atoms. The number of ether oxygens (including phenoxy) is 2. The Kier molecular flexibility index (Phi) is 4.00. The van der Waals surface area contributed by atoms with Crippen molar-refractivity contribution in [2.45, 2.75) is 44.2 Å². The van der Waals surface area contributed by atoms with E-state index in [-0.39, 0.29) is 18.9 Å². The van der Waals surface area contributed by atoms with E-state index in [9.17, 15) is 4.79 Å². The maximum absolute atomic E-state index is 12.0.